The molecule has 3 aromatic rings. The summed E-state index contributed by atoms with van der Waals surface area (Å²) >= 11 is 3.55. The number of hydrogen-bond donors (Lipinski definition) is 2. The third-order valence-electron chi connectivity index (χ3n) is 7.32. The lowest BCUT2D eigenvalue weighted by atomic mass is 10.0. The molecule has 10 heteroatoms. The van der Waals surface area contributed by atoms with E-state index in [-0.39, 0.29) is 11.5 Å². The van der Waals surface area contributed by atoms with E-state index in [1.807, 2.05) is 36.4 Å². The highest BCUT2D eigenvalue weighted by atomic mass is 79.9. The Morgan fingerprint density at radius 3 is 2.67 bits per heavy atom. The minimum absolute atomic E-state index is 0.196. The van der Waals surface area contributed by atoms with E-state index in [1.54, 1.807) is 31.1 Å². The summed E-state index contributed by atoms with van der Waals surface area (Å²) in [5, 5.41) is 6.95. The van der Waals surface area contributed by atoms with E-state index in [2.05, 4.69) is 31.5 Å². The van der Waals surface area contributed by atoms with E-state index in [4.69, 9.17) is 14.2 Å². The third-order valence-corrected chi connectivity index (χ3v) is 8.05. The number of aromatic nitrogens is 1. The summed E-state index contributed by atoms with van der Waals surface area (Å²) in [6.45, 7) is 3.75. The van der Waals surface area contributed by atoms with Crippen LogP contribution in [-0.2, 0) is 16.0 Å². The summed E-state index contributed by atoms with van der Waals surface area (Å²) in [5.74, 6) is 1.16. The molecule has 206 valence electrons. The van der Waals surface area contributed by atoms with Gasteiger partial charge in [0.25, 0.3) is 17.8 Å². The van der Waals surface area contributed by atoms with Crippen LogP contribution in [0.3, 0.4) is 0 Å². The van der Waals surface area contributed by atoms with Crippen molar-refractivity contribution in [2.75, 3.05) is 40.3 Å². The molecule has 0 radical (unpaired) electrons. The number of piperidine rings is 1. The second-order valence-electron chi connectivity index (χ2n) is 9.70. The van der Waals surface area contributed by atoms with Gasteiger partial charge in [0.15, 0.2) is 0 Å². The number of nitrogens with zero attached hydrogens (tertiary/aromatic N) is 2. The van der Waals surface area contributed by atoms with E-state index in [9.17, 15) is 9.59 Å². The number of carbonyl (C=O) groups excluding carboxylic acids is 1. The van der Waals surface area contributed by atoms with Crippen molar-refractivity contribution < 1.29 is 19.0 Å². The lowest BCUT2D eigenvalue weighted by Gasteiger charge is -2.32. The number of benzene rings is 2. The van der Waals surface area contributed by atoms with Gasteiger partial charge in [-0.2, -0.15) is 0 Å². The molecule has 1 aromatic heterocycles. The zero-order valence-electron chi connectivity index (χ0n) is 22.1. The van der Waals surface area contributed by atoms with Crippen LogP contribution in [0.5, 0.6) is 5.75 Å². The van der Waals surface area contributed by atoms with Crippen molar-refractivity contribution in [3.8, 4) is 5.75 Å². The Hall–Kier alpha value is -3.34. The number of likely N-dealkylation sites (tertiary alicyclic amines) is 1. The Labute approximate surface area is 235 Å². The van der Waals surface area contributed by atoms with Crippen LogP contribution < -0.4 is 20.9 Å². The first-order valence-electron chi connectivity index (χ1n) is 13.1. The van der Waals surface area contributed by atoms with Gasteiger partial charge in [-0.1, -0.05) is 34.1 Å². The van der Waals surface area contributed by atoms with Crippen LogP contribution in [0.1, 0.15) is 35.1 Å². The second-order valence-corrected chi connectivity index (χ2v) is 10.6. The summed E-state index contributed by atoms with van der Waals surface area (Å²) in [6.07, 6.45) is 3.27. The fourth-order valence-corrected chi connectivity index (χ4v) is 5.58. The van der Waals surface area contributed by atoms with Crippen molar-refractivity contribution in [3.63, 3.8) is 0 Å². The Morgan fingerprint density at radius 1 is 1.13 bits per heavy atom. The van der Waals surface area contributed by atoms with Gasteiger partial charge in [0, 0.05) is 53.7 Å². The number of methoxy groups -OCH3 is 1. The molecule has 0 aliphatic carbocycles. The molecule has 2 N–H and O–H groups in total. The summed E-state index contributed by atoms with van der Waals surface area (Å²) in [5.41, 5.74) is 1.84. The topological polar surface area (TPSA) is 94.1 Å². The maximum Gasteiger partial charge on any atom is 0.267 e. The molecule has 1 saturated heterocycles. The number of nitrogens with one attached hydrogen (secondary N) is 2. The maximum absolute atomic E-state index is 13.0. The molecule has 3 heterocycles. The molecular weight excluding hydrogens is 564 g/mol. The van der Waals surface area contributed by atoms with Gasteiger partial charge in [0.1, 0.15) is 17.8 Å². The second kappa shape index (κ2) is 12.2. The molecule has 0 bridgehead atoms. The van der Waals surface area contributed by atoms with Crippen LogP contribution in [0.4, 0.5) is 0 Å². The first kappa shape index (κ1) is 27.2. The SMILES string of the molecule is CNC(=O)c1cc(=O)n(CCN2CCC(NCC3=COC(c4ccccc4Br)O3)CC2)c2cc(OC)ccc12. The molecule has 2 aliphatic rings. The average Bonchev–Trinajstić information content (AvgIpc) is 3.44. The van der Waals surface area contributed by atoms with Crippen LogP contribution in [-0.4, -0.2) is 61.8 Å². The Bertz CT molecular complexity index is 1430. The average molecular weight is 598 g/mol. The molecule has 5 rings (SSSR count). The molecule has 1 atom stereocenters. The van der Waals surface area contributed by atoms with Crippen LogP contribution in [0.15, 0.2) is 69.8 Å². The molecule has 0 spiro atoms. The molecule has 9 nitrogen and oxygen atoms in total. The molecule has 2 aliphatic heterocycles. The predicted molar refractivity (Wildman–Crippen MR) is 153 cm³/mol. The Kier molecular flexibility index (Phi) is 8.54. The minimum atomic E-state index is -0.427. The van der Waals surface area contributed by atoms with Gasteiger partial charge in [-0.3, -0.25) is 9.59 Å². The number of fused-ring (bicyclic) bond motifs is 1. The van der Waals surface area contributed by atoms with Crippen LogP contribution in [0.2, 0.25) is 0 Å². The molecule has 1 fully saturated rings. The van der Waals surface area contributed by atoms with Crippen molar-refractivity contribution in [2.45, 2.75) is 31.7 Å². The number of hydrogen-bond acceptors (Lipinski definition) is 7. The number of amides is 1. The van der Waals surface area contributed by atoms with Gasteiger partial charge in [-0.05, 0) is 44.1 Å². The predicted octanol–water partition coefficient (Wildman–Crippen LogP) is 3.77. The van der Waals surface area contributed by atoms with E-state index in [0.717, 1.165) is 53.7 Å². The van der Waals surface area contributed by atoms with Crippen LogP contribution >= 0.6 is 15.9 Å². The zero-order valence-corrected chi connectivity index (χ0v) is 23.7. The minimum Gasteiger partial charge on any atom is -0.497 e. The van der Waals surface area contributed by atoms with Crippen molar-refractivity contribution in [1.29, 1.82) is 0 Å². The summed E-state index contributed by atoms with van der Waals surface area (Å²) < 4.78 is 19.8. The molecule has 39 heavy (non-hydrogen) atoms. The Balaban J connectivity index is 1.14. The number of halogens is 1. The van der Waals surface area contributed by atoms with Crippen molar-refractivity contribution in [2.24, 2.45) is 0 Å². The zero-order chi connectivity index (χ0) is 27.4. The highest BCUT2D eigenvalue weighted by molar-refractivity contribution is 9.10. The number of ether oxygens (including phenoxy) is 3. The first-order chi connectivity index (χ1) is 19.0. The summed E-state index contributed by atoms with van der Waals surface area (Å²) in [4.78, 5) is 27.8. The van der Waals surface area contributed by atoms with Crippen molar-refractivity contribution in [3.05, 3.63) is 86.5 Å². The lowest BCUT2D eigenvalue weighted by molar-refractivity contribution is -0.0354. The third kappa shape index (κ3) is 6.13. The van der Waals surface area contributed by atoms with E-state index < -0.39 is 6.29 Å². The monoisotopic (exact) mass is 596 g/mol. The van der Waals surface area contributed by atoms with Gasteiger partial charge in [0.05, 0.1) is 24.7 Å². The normalized spacial score (nSPS) is 17.9. The summed E-state index contributed by atoms with van der Waals surface area (Å²) in [7, 11) is 3.15. The Morgan fingerprint density at radius 2 is 1.92 bits per heavy atom. The molecule has 0 saturated carbocycles. The van der Waals surface area contributed by atoms with Gasteiger partial charge in [-0.15, -0.1) is 0 Å². The number of rotatable bonds is 9. The smallest absolute Gasteiger partial charge is 0.267 e. The van der Waals surface area contributed by atoms with E-state index in [1.165, 1.54) is 6.07 Å². The van der Waals surface area contributed by atoms with Gasteiger partial charge in [-0.25, -0.2) is 0 Å². The fourth-order valence-electron chi connectivity index (χ4n) is 5.10. The number of pyridine rings is 1. The molecule has 1 unspecified atom stereocenters. The van der Waals surface area contributed by atoms with Gasteiger partial charge in [0.2, 0.25) is 0 Å². The van der Waals surface area contributed by atoms with E-state index >= 15 is 0 Å². The van der Waals surface area contributed by atoms with Crippen molar-refractivity contribution >= 4 is 32.7 Å². The van der Waals surface area contributed by atoms with Crippen LogP contribution in [0, 0.1) is 0 Å². The van der Waals surface area contributed by atoms with Crippen LogP contribution in [0.25, 0.3) is 10.9 Å². The molecule has 1 amide bonds. The maximum atomic E-state index is 13.0. The summed E-state index contributed by atoms with van der Waals surface area (Å²) in [6, 6.07) is 15.2. The molecular formula is C29H33BrN4O5. The first-order valence-corrected chi connectivity index (χ1v) is 13.9. The fraction of sp³-hybridized carbons (Fsp3) is 0.379. The number of carbonyl (C=O) groups is 1. The standard InChI is InChI=1S/C29H33BrN4O5/c1-31-28(36)24-16-27(35)34(26-15-20(37-2)7-8-22(24)26)14-13-33-11-9-19(10-12-33)32-17-21-18-38-29(39-21)23-5-3-4-6-25(23)30/h3-8,15-16,18-19,29,32H,9-14,17H2,1-2H3,(H,31,36). The van der Waals surface area contributed by atoms with Gasteiger partial charge < -0.3 is 34.3 Å². The lowest BCUT2D eigenvalue weighted by Crippen LogP contribution is -2.44. The largest absolute Gasteiger partial charge is 0.497 e. The van der Waals surface area contributed by atoms with E-state index in [0.29, 0.717) is 36.0 Å². The van der Waals surface area contributed by atoms with Gasteiger partial charge >= 0.3 is 0 Å². The van der Waals surface area contributed by atoms with Crippen molar-refractivity contribution in [1.82, 2.24) is 20.1 Å². The highest BCUT2D eigenvalue weighted by Gasteiger charge is 2.25. The molecule has 2 aromatic carbocycles. The highest BCUT2D eigenvalue weighted by Crippen LogP contribution is 2.32. The quantitative estimate of drug-likeness (QED) is 0.388.